The summed E-state index contributed by atoms with van der Waals surface area (Å²) in [5, 5.41) is 0. The van der Waals surface area contributed by atoms with Crippen molar-refractivity contribution < 1.29 is 22.2 Å². The SMILES string of the molecule is Cc1cc[nH+]cc1C.F[B-](F)(F)F. The summed E-state index contributed by atoms with van der Waals surface area (Å²) in [5.41, 5.74) is 2.65. The number of aromatic amines is 1. The second kappa shape index (κ2) is 4.84. The van der Waals surface area contributed by atoms with Crippen molar-refractivity contribution in [1.82, 2.24) is 0 Å². The molecule has 0 atom stereocenters. The molecule has 0 spiro atoms. The summed E-state index contributed by atoms with van der Waals surface area (Å²) in [6, 6.07) is 2.06. The summed E-state index contributed by atoms with van der Waals surface area (Å²) in [4.78, 5) is 3.00. The van der Waals surface area contributed by atoms with Gasteiger partial charge in [-0.05, 0) is 19.4 Å². The number of rotatable bonds is 0. The monoisotopic (exact) mass is 195 g/mol. The first-order valence-electron chi connectivity index (χ1n) is 3.61. The van der Waals surface area contributed by atoms with Crippen molar-refractivity contribution >= 4 is 7.25 Å². The number of pyridine rings is 1. The Morgan fingerprint density at radius 3 is 1.77 bits per heavy atom. The number of halogens is 4. The van der Waals surface area contributed by atoms with Crippen LogP contribution in [0.3, 0.4) is 0 Å². The lowest BCUT2D eigenvalue weighted by Gasteiger charge is -1.94. The molecule has 0 aromatic carbocycles. The van der Waals surface area contributed by atoms with E-state index in [1.54, 1.807) is 0 Å². The highest BCUT2D eigenvalue weighted by Gasteiger charge is 2.20. The van der Waals surface area contributed by atoms with Crippen molar-refractivity contribution in [1.29, 1.82) is 0 Å². The highest BCUT2D eigenvalue weighted by Crippen LogP contribution is 2.06. The fourth-order valence-corrected chi connectivity index (χ4v) is 0.592. The van der Waals surface area contributed by atoms with Crippen molar-refractivity contribution in [3.63, 3.8) is 0 Å². The Morgan fingerprint density at radius 1 is 1.08 bits per heavy atom. The van der Waals surface area contributed by atoms with E-state index in [4.69, 9.17) is 0 Å². The van der Waals surface area contributed by atoms with Gasteiger partial charge in [-0.3, -0.25) is 0 Å². The van der Waals surface area contributed by atoms with Crippen LogP contribution in [0.15, 0.2) is 18.5 Å². The van der Waals surface area contributed by atoms with Crippen LogP contribution in [0.2, 0.25) is 0 Å². The molecule has 1 N–H and O–H groups in total. The number of aryl methyl sites for hydroxylation is 2. The van der Waals surface area contributed by atoms with Crippen LogP contribution in [0.5, 0.6) is 0 Å². The van der Waals surface area contributed by atoms with Crippen LogP contribution in [-0.2, 0) is 0 Å². The summed E-state index contributed by atoms with van der Waals surface area (Å²) in [7, 11) is -6.00. The lowest BCUT2D eigenvalue weighted by molar-refractivity contribution is -0.378. The van der Waals surface area contributed by atoms with Gasteiger partial charge in [-0.2, -0.15) is 0 Å². The van der Waals surface area contributed by atoms with Crippen molar-refractivity contribution in [3.05, 3.63) is 29.6 Å². The first-order chi connectivity index (χ1) is 5.80. The first kappa shape index (κ1) is 11.9. The number of H-pyrrole nitrogens is 1. The van der Waals surface area contributed by atoms with Gasteiger partial charge < -0.3 is 17.3 Å². The van der Waals surface area contributed by atoms with Crippen LogP contribution >= 0.6 is 0 Å². The van der Waals surface area contributed by atoms with Crippen LogP contribution in [0, 0.1) is 13.8 Å². The van der Waals surface area contributed by atoms with Crippen molar-refractivity contribution in [2.75, 3.05) is 0 Å². The van der Waals surface area contributed by atoms with Crippen molar-refractivity contribution in [3.8, 4) is 0 Å². The number of hydrogen-bond donors (Lipinski definition) is 0. The molecule has 0 unspecified atom stereocenters. The molecular formula is C7H10BF4N. The minimum atomic E-state index is -6.00. The van der Waals surface area contributed by atoms with Crippen LogP contribution in [0.1, 0.15) is 11.1 Å². The maximum absolute atomic E-state index is 9.75. The van der Waals surface area contributed by atoms with Gasteiger partial charge in [0.25, 0.3) is 0 Å². The van der Waals surface area contributed by atoms with E-state index in [2.05, 4.69) is 24.9 Å². The van der Waals surface area contributed by atoms with E-state index in [0.29, 0.717) is 0 Å². The molecule has 0 bridgehead atoms. The maximum Gasteiger partial charge on any atom is 0.673 e. The molecule has 0 aliphatic carbocycles. The summed E-state index contributed by atoms with van der Waals surface area (Å²) in [6.45, 7) is 4.19. The summed E-state index contributed by atoms with van der Waals surface area (Å²) >= 11 is 0. The van der Waals surface area contributed by atoms with Crippen molar-refractivity contribution in [2.45, 2.75) is 13.8 Å². The van der Waals surface area contributed by atoms with E-state index >= 15 is 0 Å². The lowest BCUT2D eigenvalue weighted by atomic mass is 10.2. The Hall–Kier alpha value is -1.07. The average molecular weight is 195 g/mol. The minimum Gasteiger partial charge on any atom is -0.418 e. The van der Waals surface area contributed by atoms with Gasteiger partial charge in [0.05, 0.1) is 0 Å². The van der Waals surface area contributed by atoms with Gasteiger partial charge in [0.1, 0.15) is 0 Å². The predicted octanol–water partition coefficient (Wildman–Crippen LogP) is 2.42. The van der Waals surface area contributed by atoms with Crippen molar-refractivity contribution in [2.24, 2.45) is 0 Å². The van der Waals surface area contributed by atoms with Crippen LogP contribution in [0.25, 0.3) is 0 Å². The zero-order valence-corrected chi connectivity index (χ0v) is 7.32. The Bertz CT molecular complexity index is 234. The molecule has 0 saturated heterocycles. The van der Waals surface area contributed by atoms with E-state index < -0.39 is 7.25 Å². The number of nitrogens with one attached hydrogen (secondary N) is 1. The highest BCUT2D eigenvalue weighted by molar-refractivity contribution is 6.50. The standard InChI is InChI=1S/C7H9N.BF4/c1-6-3-4-8-5-7(6)2;2-1(3,4)5/h3-5H,1-2H3;/q;-1/p+1. The fraction of sp³-hybridized carbons (Fsp3) is 0.286. The van der Waals surface area contributed by atoms with Gasteiger partial charge in [0.2, 0.25) is 0 Å². The predicted molar refractivity (Wildman–Crippen MR) is 42.7 cm³/mol. The molecule has 74 valence electrons. The van der Waals surface area contributed by atoms with Gasteiger partial charge >= 0.3 is 7.25 Å². The number of aromatic nitrogens is 1. The molecule has 13 heavy (non-hydrogen) atoms. The van der Waals surface area contributed by atoms with Gasteiger partial charge in [0.15, 0.2) is 12.4 Å². The molecule has 1 nitrogen and oxygen atoms in total. The lowest BCUT2D eigenvalue weighted by Crippen LogP contribution is -2.02. The Labute approximate surface area is 73.9 Å². The third-order valence-corrected chi connectivity index (χ3v) is 1.35. The normalized spacial score (nSPS) is 10.3. The molecule has 0 aliphatic heterocycles. The molecule has 1 heterocycles. The Balaban J connectivity index is 0.000000252. The molecule has 0 aliphatic rings. The second-order valence-corrected chi connectivity index (χ2v) is 2.51. The summed E-state index contributed by atoms with van der Waals surface area (Å²) in [6.07, 6.45) is 3.93. The smallest absolute Gasteiger partial charge is 0.418 e. The molecule has 0 fully saturated rings. The fourth-order valence-electron chi connectivity index (χ4n) is 0.592. The maximum atomic E-state index is 9.75. The molecule has 6 heteroatoms. The molecule has 1 rings (SSSR count). The first-order valence-corrected chi connectivity index (χ1v) is 3.61. The van der Waals surface area contributed by atoms with Crippen LogP contribution < -0.4 is 4.98 Å². The topological polar surface area (TPSA) is 14.1 Å². The zero-order valence-electron chi connectivity index (χ0n) is 7.32. The number of hydrogen-bond acceptors (Lipinski definition) is 0. The Morgan fingerprint density at radius 2 is 1.54 bits per heavy atom. The third-order valence-electron chi connectivity index (χ3n) is 1.35. The van der Waals surface area contributed by atoms with E-state index in [0.717, 1.165) is 0 Å². The van der Waals surface area contributed by atoms with Crippen LogP contribution in [0.4, 0.5) is 17.3 Å². The minimum absolute atomic E-state index is 1.31. The summed E-state index contributed by atoms with van der Waals surface area (Å²) in [5.74, 6) is 0. The van der Waals surface area contributed by atoms with Gasteiger partial charge in [-0.15, -0.1) is 0 Å². The highest BCUT2D eigenvalue weighted by atomic mass is 19.5. The van der Waals surface area contributed by atoms with Gasteiger partial charge in [-0.1, -0.05) is 0 Å². The third kappa shape index (κ3) is 8.84. The van der Waals surface area contributed by atoms with E-state index in [-0.39, 0.29) is 0 Å². The molecular weight excluding hydrogens is 185 g/mol. The van der Waals surface area contributed by atoms with Crippen LogP contribution in [-0.4, -0.2) is 7.25 Å². The molecule has 0 amide bonds. The van der Waals surface area contributed by atoms with Gasteiger partial charge in [-0.25, -0.2) is 4.98 Å². The molecule has 0 saturated carbocycles. The molecule has 1 aromatic heterocycles. The van der Waals surface area contributed by atoms with E-state index in [1.165, 1.54) is 11.1 Å². The summed E-state index contributed by atoms with van der Waals surface area (Å²) < 4.78 is 39.0. The zero-order chi connectivity index (χ0) is 10.5. The quantitative estimate of drug-likeness (QED) is 0.445. The van der Waals surface area contributed by atoms with E-state index in [9.17, 15) is 17.3 Å². The van der Waals surface area contributed by atoms with Gasteiger partial charge in [0, 0.05) is 11.6 Å². The Kier molecular flexibility index (Phi) is 4.44. The molecule has 1 aromatic rings. The van der Waals surface area contributed by atoms with E-state index in [1.807, 2.05) is 12.4 Å². The molecule has 0 radical (unpaired) electrons. The second-order valence-electron chi connectivity index (χ2n) is 2.51. The largest absolute Gasteiger partial charge is 0.673 e. The average Bonchev–Trinajstić information content (AvgIpc) is 1.92.